The quantitative estimate of drug-likeness (QED) is 0.621. The normalized spacial score (nSPS) is 20.0. The highest BCUT2D eigenvalue weighted by Gasteiger charge is 2.17. The van der Waals surface area contributed by atoms with Gasteiger partial charge in [0.25, 0.3) is 0 Å². The van der Waals surface area contributed by atoms with Crippen LogP contribution < -0.4 is 10.6 Å². The van der Waals surface area contributed by atoms with Gasteiger partial charge in [-0.25, -0.2) is 0 Å². The lowest BCUT2D eigenvalue weighted by Crippen LogP contribution is -2.45. The fourth-order valence-corrected chi connectivity index (χ4v) is 2.48. The summed E-state index contributed by atoms with van der Waals surface area (Å²) in [6.45, 7) is 1.24. The van der Waals surface area contributed by atoms with E-state index in [1.54, 1.807) is 6.07 Å². The van der Waals surface area contributed by atoms with Crippen LogP contribution in [0.4, 0.5) is 5.00 Å². The number of amides is 1. The van der Waals surface area contributed by atoms with Gasteiger partial charge in [-0.3, -0.25) is 14.9 Å². The van der Waals surface area contributed by atoms with Crippen molar-refractivity contribution in [2.24, 2.45) is 0 Å². The molecule has 1 aromatic rings. The van der Waals surface area contributed by atoms with Gasteiger partial charge in [0.1, 0.15) is 0 Å². The van der Waals surface area contributed by atoms with Crippen molar-refractivity contribution < 1.29 is 9.72 Å². The van der Waals surface area contributed by atoms with Crippen LogP contribution in [0.1, 0.15) is 17.7 Å². The van der Waals surface area contributed by atoms with Gasteiger partial charge in [-0.05, 0) is 12.5 Å². The van der Waals surface area contributed by atoms with Crippen LogP contribution in [-0.4, -0.2) is 23.4 Å². The van der Waals surface area contributed by atoms with Crippen molar-refractivity contribution >= 4 is 22.2 Å². The number of thiophene rings is 1. The Hall–Kier alpha value is -1.47. The number of nitro groups is 1. The predicted octanol–water partition coefficient (Wildman–Crippen LogP) is 1.02. The Labute approximate surface area is 102 Å². The second kappa shape index (κ2) is 5.24. The maximum Gasteiger partial charge on any atom is 0.324 e. The highest BCUT2D eigenvalue weighted by molar-refractivity contribution is 7.15. The standard InChI is InChI=1S/C10H13N3O3S/c14-9-3-1-7(5-12-9)11-6-8-2-4-10(17-8)13(15)16/h2,4,7,11H,1,3,5-6H2,(H,12,14). The van der Waals surface area contributed by atoms with E-state index in [0.717, 1.165) is 11.3 Å². The number of carbonyl (C=O) groups excluding carboxylic acids is 1. The first-order valence-electron chi connectivity index (χ1n) is 5.38. The number of nitrogens with one attached hydrogen (secondary N) is 2. The van der Waals surface area contributed by atoms with Gasteiger partial charge in [0.2, 0.25) is 5.91 Å². The van der Waals surface area contributed by atoms with Crippen LogP contribution in [-0.2, 0) is 11.3 Å². The van der Waals surface area contributed by atoms with Crippen molar-refractivity contribution in [2.45, 2.75) is 25.4 Å². The molecule has 1 atom stereocenters. The average molecular weight is 255 g/mol. The second-order valence-corrected chi connectivity index (χ2v) is 5.06. The Bertz CT molecular complexity index is 422. The molecule has 0 aromatic carbocycles. The van der Waals surface area contributed by atoms with Crippen molar-refractivity contribution in [3.63, 3.8) is 0 Å². The minimum Gasteiger partial charge on any atom is -0.355 e. The molecule has 1 saturated heterocycles. The van der Waals surface area contributed by atoms with Crippen LogP contribution >= 0.6 is 11.3 Å². The lowest BCUT2D eigenvalue weighted by atomic mass is 10.1. The molecule has 0 radical (unpaired) electrons. The van der Waals surface area contributed by atoms with E-state index in [-0.39, 0.29) is 21.9 Å². The molecule has 2 N–H and O–H groups in total. The van der Waals surface area contributed by atoms with E-state index in [1.165, 1.54) is 17.4 Å². The summed E-state index contributed by atoms with van der Waals surface area (Å²) in [4.78, 5) is 22.0. The molecule has 1 fully saturated rings. The fourth-order valence-electron chi connectivity index (χ4n) is 1.71. The molecule has 1 amide bonds. The van der Waals surface area contributed by atoms with Crippen molar-refractivity contribution in [2.75, 3.05) is 6.54 Å². The van der Waals surface area contributed by atoms with Crippen molar-refractivity contribution in [3.05, 3.63) is 27.1 Å². The molecule has 7 heteroatoms. The van der Waals surface area contributed by atoms with E-state index in [1.807, 2.05) is 0 Å². The molecule has 2 rings (SSSR count). The number of rotatable bonds is 4. The molecule has 0 bridgehead atoms. The van der Waals surface area contributed by atoms with E-state index in [4.69, 9.17) is 0 Å². The summed E-state index contributed by atoms with van der Waals surface area (Å²) in [7, 11) is 0. The number of nitrogens with zero attached hydrogens (tertiary/aromatic N) is 1. The minimum atomic E-state index is -0.380. The zero-order valence-corrected chi connectivity index (χ0v) is 9.96. The van der Waals surface area contributed by atoms with Crippen LogP contribution in [0.25, 0.3) is 0 Å². The number of hydrogen-bond donors (Lipinski definition) is 2. The topological polar surface area (TPSA) is 84.3 Å². The highest BCUT2D eigenvalue weighted by Crippen LogP contribution is 2.23. The Kier molecular flexibility index (Phi) is 3.70. The molecule has 0 saturated carbocycles. The summed E-state index contributed by atoms with van der Waals surface area (Å²) in [5.41, 5.74) is 0. The van der Waals surface area contributed by atoms with Gasteiger partial charge in [0.15, 0.2) is 0 Å². The second-order valence-electron chi connectivity index (χ2n) is 3.92. The molecule has 17 heavy (non-hydrogen) atoms. The monoisotopic (exact) mass is 255 g/mol. The van der Waals surface area contributed by atoms with Crippen molar-refractivity contribution in [1.29, 1.82) is 0 Å². The van der Waals surface area contributed by atoms with Crippen LogP contribution in [0.5, 0.6) is 0 Å². The first-order chi connectivity index (χ1) is 8.15. The van der Waals surface area contributed by atoms with E-state index < -0.39 is 0 Å². The maximum absolute atomic E-state index is 10.9. The van der Waals surface area contributed by atoms with Crippen LogP contribution in [0, 0.1) is 10.1 Å². The van der Waals surface area contributed by atoms with Gasteiger partial charge >= 0.3 is 5.00 Å². The third-order valence-electron chi connectivity index (χ3n) is 2.66. The minimum absolute atomic E-state index is 0.0924. The SMILES string of the molecule is O=C1CCC(NCc2ccc([N+](=O)[O-])s2)CN1. The van der Waals surface area contributed by atoms with Gasteiger partial charge < -0.3 is 10.6 Å². The lowest BCUT2D eigenvalue weighted by molar-refractivity contribution is -0.380. The van der Waals surface area contributed by atoms with Gasteiger partial charge in [-0.1, -0.05) is 11.3 Å². The zero-order chi connectivity index (χ0) is 12.3. The van der Waals surface area contributed by atoms with E-state index in [2.05, 4.69) is 10.6 Å². The molecule has 1 unspecified atom stereocenters. The third kappa shape index (κ3) is 3.24. The van der Waals surface area contributed by atoms with Crippen molar-refractivity contribution in [1.82, 2.24) is 10.6 Å². The predicted molar refractivity (Wildman–Crippen MR) is 63.8 cm³/mol. The first-order valence-corrected chi connectivity index (χ1v) is 6.20. The summed E-state index contributed by atoms with van der Waals surface area (Å²) in [5, 5.41) is 16.7. The van der Waals surface area contributed by atoms with Gasteiger partial charge in [-0.15, -0.1) is 0 Å². The summed E-state index contributed by atoms with van der Waals surface area (Å²) in [6.07, 6.45) is 1.36. The first kappa shape index (κ1) is 12.0. The number of hydrogen-bond acceptors (Lipinski definition) is 5. The van der Waals surface area contributed by atoms with Crippen LogP contribution in [0.3, 0.4) is 0 Å². The Morgan fingerprint density at radius 2 is 2.41 bits per heavy atom. The molecular formula is C10H13N3O3S. The Balaban J connectivity index is 1.81. The van der Waals surface area contributed by atoms with Gasteiger partial charge in [0, 0.05) is 36.5 Å². The maximum atomic E-state index is 10.9. The van der Waals surface area contributed by atoms with Gasteiger partial charge in [-0.2, -0.15) is 0 Å². The van der Waals surface area contributed by atoms with Crippen LogP contribution in [0.2, 0.25) is 0 Å². The molecular weight excluding hydrogens is 242 g/mol. The molecule has 2 heterocycles. The zero-order valence-electron chi connectivity index (χ0n) is 9.14. The van der Waals surface area contributed by atoms with E-state index in [0.29, 0.717) is 19.5 Å². The van der Waals surface area contributed by atoms with Gasteiger partial charge in [0.05, 0.1) is 4.92 Å². The fraction of sp³-hybridized carbons (Fsp3) is 0.500. The Morgan fingerprint density at radius 1 is 1.59 bits per heavy atom. The van der Waals surface area contributed by atoms with E-state index in [9.17, 15) is 14.9 Å². The Morgan fingerprint density at radius 3 is 3.00 bits per heavy atom. The number of carbonyl (C=O) groups is 1. The van der Waals surface area contributed by atoms with Crippen LogP contribution in [0.15, 0.2) is 12.1 Å². The lowest BCUT2D eigenvalue weighted by Gasteiger charge is -2.23. The summed E-state index contributed by atoms with van der Waals surface area (Å²) in [5.74, 6) is 0.0924. The molecule has 0 spiro atoms. The average Bonchev–Trinajstić information content (AvgIpc) is 2.77. The molecule has 0 aliphatic carbocycles. The number of piperidine rings is 1. The third-order valence-corrected chi connectivity index (χ3v) is 3.69. The molecule has 1 aliphatic heterocycles. The smallest absolute Gasteiger partial charge is 0.324 e. The van der Waals surface area contributed by atoms with E-state index >= 15 is 0 Å². The van der Waals surface area contributed by atoms with Crippen molar-refractivity contribution in [3.8, 4) is 0 Å². The molecule has 92 valence electrons. The molecule has 6 nitrogen and oxygen atoms in total. The molecule has 1 aliphatic rings. The molecule has 1 aromatic heterocycles. The highest BCUT2D eigenvalue weighted by atomic mass is 32.1. The summed E-state index contributed by atoms with van der Waals surface area (Å²) in [6, 6.07) is 3.54. The summed E-state index contributed by atoms with van der Waals surface area (Å²) < 4.78 is 0. The largest absolute Gasteiger partial charge is 0.355 e. The summed E-state index contributed by atoms with van der Waals surface area (Å²) >= 11 is 1.18.